The normalized spacial score (nSPS) is 19.8. The van der Waals surface area contributed by atoms with Gasteiger partial charge in [-0.05, 0) is 61.7 Å². The van der Waals surface area contributed by atoms with Crippen LogP contribution in [-0.2, 0) is 13.5 Å². The first kappa shape index (κ1) is 25.6. The molecular weight excluding hydrogens is 523 g/mol. The average molecular weight is 555 g/mol. The largest absolute Gasteiger partial charge is 0.477 e. The van der Waals surface area contributed by atoms with Gasteiger partial charge in [-0.15, -0.1) is 0 Å². The summed E-state index contributed by atoms with van der Waals surface area (Å²) in [6, 6.07) is 5.26. The molecule has 3 aliphatic rings. The van der Waals surface area contributed by atoms with Gasteiger partial charge in [-0.25, -0.2) is 14.2 Å². The SMILES string of the molecule is CNc1cc(F)cc2c1Cc1ncc(-c3cnc4c(c3)c(=O)c(C(=O)O)cn4C)c(N3CC[C@H]4CCN(C)[C@H]4C3)c1-2. The van der Waals surface area contributed by atoms with Crippen molar-refractivity contribution < 1.29 is 14.3 Å². The van der Waals surface area contributed by atoms with E-state index >= 15 is 0 Å². The summed E-state index contributed by atoms with van der Waals surface area (Å²) in [6.07, 6.45) is 7.68. The molecule has 9 nitrogen and oxygen atoms in total. The lowest BCUT2D eigenvalue weighted by Crippen LogP contribution is -2.47. The molecule has 4 aromatic rings. The summed E-state index contributed by atoms with van der Waals surface area (Å²) in [5.74, 6) is -0.945. The maximum absolute atomic E-state index is 14.9. The van der Waals surface area contributed by atoms with E-state index in [1.807, 2.05) is 6.20 Å². The highest BCUT2D eigenvalue weighted by molar-refractivity contribution is 5.98. The number of aromatic nitrogens is 3. The number of aromatic carboxylic acids is 1. The standard InChI is InChI=1S/C31H31FN6O3/c1-33-24-10-18(32)9-20-19(24)11-25-27(20)28(38-7-5-16-4-6-36(2)26(16)15-38)22(13-34-25)17-8-21-29(39)23(31(40)41)14-37(3)30(21)35-12-17/h8-10,12-14,16,26,33H,4-7,11,15H2,1-3H3,(H,40,41)/t16-,26+/m1/s1. The molecule has 0 saturated carbocycles. The van der Waals surface area contributed by atoms with Gasteiger partial charge < -0.3 is 24.8 Å². The van der Waals surface area contributed by atoms with Crippen molar-refractivity contribution in [2.45, 2.75) is 25.3 Å². The van der Waals surface area contributed by atoms with Crippen LogP contribution >= 0.6 is 0 Å². The predicted molar refractivity (Wildman–Crippen MR) is 156 cm³/mol. The van der Waals surface area contributed by atoms with Crippen molar-refractivity contribution >= 4 is 28.4 Å². The molecule has 2 fully saturated rings. The van der Waals surface area contributed by atoms with Crippen molar-refractivity contribution in [1.29, 1.82) is 0 Å². The van der Waals surface area contributed by atoms with Gasteiger partial charge in [0.15, 0.2) is 0 Å². The smallest absolute Gasteiger partial charge is 0.341 e. The lowest BCUT2D eigenvalue weighted by atomic mass is 9.90. The first-order chi connectivity index (χ1) is 19.7. The van der Waals surface area contributed by atoms with Crippen LogP contribution in [0.2, 0.25) is 0 Å². The number of likely N-dealkylation sites (N-methyl/N-ethyl adjacent to an activating group) is 1. The van der Waals surface area contributed by atoms with Crippen molar-refractivity contribution in [2.75, 3.05) is 43.9 Å². The van der Waals surface area contributed by atoms with Gasteiger partial charge in [-0.3, -0.25) is 9.78 Å². The van der Waals surface area contributed by atoms with Gasteiger partial charge in [0, 0.05) is 80.6 Å². The Morgan fingerprint density at radius 3 is 2.68 bits per heavy atom. The Bertz CT molecular complexity index is 1820. The number of hydrogen-bond acceptors (Lipinski definition) is 7. The number of anilines is 2. The number of likely N-dealkylation sites (tertiary alicyclic amines) is 1. The van der Waals surface area contributed by atoms with E-state index in [0.717, 1.165) is 65.4 Å². The molecule has 2 N–H and O–H groups in total. The molecule has 5 heterocycles. The molecule has 210 valence electrons. The number of nitrogens with one attached hydrogen (secondary N) is 1. The number of hydrogen-bond donors (Lipinski definition) is 2. The number of aryl methyl sites for hydroxylation is 1. The van der Waals surface area contributed by atoms with Crippen LogP contribution in [0.5, 0.6) is 0 Å². The maximum Gasteiger partial charge on any atom is 0.341 e. The van der Waals surface area contributed by atoms with Crippen molar-refractivity contribution in [1.82, 2.24) is 19.4 Å². The molecule has 2 aliphatic heterocycles. The monoisotopic (exact) mass is 554 g/mol. The zero-order chi connectivity index (χ0) is 28.6. The number of fused-ring (bicyclic) bond motifs is 5. The molecule has 0 bridgehead atoms. The number of halogens is 1. The molecule has 2 saturated heterocycles. The van der Waals surface area contributed by atoms with E-state index < -0.39 is 11.4 Å². The maximum atomic E-state index is 14.9. The van der Waals surface area contributed by atoms with E-state index in [1.54, 1.807) is 37.0 Å². The molecule has 0 amide bonds. The molecule has 3 aromatic heterocycles. The zero-order valence-electron chi connectivity index (χ0n) is 23.2. The van der Waals surface area contributed by atoms with E-state index in [2.05, 4.69) is 27.1 Å². The third kappa shape index (κ3) is 3.92. The highest BCUT2D eigenvalue weighted by Gasteiger charge is 2.39. The Morgan fingerprint density at radius 1 is 1.10 bits per heavy atom. The number of carbonyl (C=O) groups is 1. The van der Waals surface area contributed by atoms with Crippen LogP contribution in [0.1, 0.15) is 34.5 Å². The molecule has 1 aromatic carbocycles. The summed E-state index contributed by atoms with van der Waals surface area (Å²) in [4.78, 5) is 39.3. The van der Waals surface area contributed by atoms with Crippen molar-refractivity contribution in [2.24, 2.45) is 13.0 Å². The topological polar surface area (TPSA) is 104 Å². The van der Waals surface area contributed by atoms with Gasteiger partial charge in [-0.1, -0.05) is 0 Å². The van der Waals surface area contributed by atoms with Crippen LogP contribution in [-0.4, -0.2) is 70.3 Å². The number of rotatable bonds is 4. The number of nitrogens with zero attached hydrogens (tertiary/aromatic N) is 5. The van der Waals surface area contributed by atoms with Crippen LogP contribution in [0.25, 0.3) is 33.3 Å². The second-order valence-corrected chi connectivity index (χ2v) is 11.5. The third-order valence-corrected chi connectivity index (χ3v) is 9.24. The minimum Gasteiger partial charge on any atom is -0.477 e. The van der Waals surface area contributed by atoms with Gasteiger partial charge >= 0.3 is 5.97 Å². The Morgan fingerprint density at radius 2 is 1.90 bits per heavy atom. The van der Waals surface area contributed by atoms with Crippen molar-refractivity contribution in [3.63, 3.8) is 0 Å². The highest BCUT2D eigenvalue weighted by Crippen LogP contribution is 2.49. The van der Waals surface area contributed by atoms with Crippen molar-refractivity contribution in [3.05, 3.63) is 69.7 Å². The Kier molecular flexibility index (Phi) is 5.86. The van der Waals surface area contributed by atoms with Gasteiger partial charge in [-0.2, -0.15) is 0 Å². The molecule has 41 heavy (non-hydrogen) atoms. The first-order valence-electron chi connectivity index (χ1n) is 14.0. The predicted octanol–water partition coefficient (Wildman–Crippen LogP) is 3.98. The van der Waals surface area contributed by atoms with E-state index in [9.17, 15) is 19.1 Å². The van der Waals surface area contributed by atoms with Crippen LogP contribution in [0.15, 0.2) is 41.6 Å². The fourth-order valence-electron chi connectivity index (χ4n) is 7.16. The van der Waals surface area contributed by atoms with Gasteiger partial charge in [0.25, 0.3) is 0 Å². The fourth-order valence-corrected chi connectivity index (χ4v) is 7.16. The molecule has 1 aliphatic carbocycles. The third-order valence-electron chi connectivity index (χ3n) is 9.24. The number of benzene rings is 1. The summed E-state index contributed by atoms with van der Waals surface area (Å²) in [5.41, 5.74) is 6.35. The minimum atomic E-state index is -1.28. The molecule has 10 heteroatoms. The van der Waals surface area contributed by atoms with Gasteiger partial charge in [0.05, 0.1) is 16.8 Å². The number of pyridine rings is 3. The highest BCUT2D eigenvalue weighted by atomic mass is 19.1. The van der Waals surface area contributed by atoms with E-state index in [-0.39, 0.29) is 16.8 Å². The average Bonchev–Trinajstić information content (AvgIpc) is 3.53. The van der Waals surface area contributed by atoms with E-state index in [1.165, 1.54) is 18.7 Å². The quantitative estimate of drug-likeness (QED) is 0.344. The number of piperidine rings is 1. The lowest BCUT2D eigenvalue weighted by Gasteiger charge is -2.40. The second kappa shape index (κ2) is 9.37. The molecule has 7 rings (SSSR count). The van der Waals surface area contributed by atoms with Gasteiger partial charge in [0.1, 0.15) is 17.0 Å². The van der Waals surface area contributed by atoms with E-state index in [0.29, 0.717) is 29.6 Å². The summed E-state index contributed by atoms with van der Waals surface area (Å²) in [5, 5.41) is 13.0. The summed E-state index contributed by atoms with van der Waals surface area (Å²) in [7, 11) is 5.65. The molecular formula is C31H31FN6O3. The van der Waals surface area contributed by atoms with Crippen LogP contribution in [0.3, 0.4) is 0 Å². The van der Waals surface area contributed by atoms with E-state index in [4.69, 9.17) is 4.98 Å². The Labute approximate surface area is 236 Å². The first-order valence-corrected chi connectivity index (χ1v) is 14.0. The summed E-state index contributed by atoms with van der Waals surface area (Å²) >= 11 is 0. The zero-order valence-corrected chi connectivity index (χ0v) is 23.2. The molecule has 0 unspecified atom stereocenters. The van der Waals surface area contributed by atoms with Crippen molar-refractivity contribution in [3.8, 4) is 22.3 Å². The Balaban J connectivity index is 1.47. The number of carboxylic acids is 1. The fraction of sp³-hybridized carbons (Fsp3) is 0.355. The second-order valence-electron chi connectivity index (χ2n) is 11.5. The number of carboxylic acid groups (broad SMARTS) is 1. The Hall–Kier alpha value is -4.31. The minimum absolute atomic E-state index is 0.231. The van der Waals surface area contributed by atoms with Crippen LogP contribution in [0, 0.1) is 11.7 Å². The van der Waals surface area contributed by atoms with Crippen LogP contribution < -0.4 is 15.6 Å². The van der Waals surface area contributed by atoms with Crippen LogP contribution in [0.4, 0.5) is 15.8 Å². The summed E-state index contributed by atoms with van der Waals surface area (Å²) < 4.78 is 16.5. The molecule has 0 spiro atoms. The molecule has 0 radical (unpaired) electrons. The lowest BCUT2D eigenvalue weighted by molar-refractivity contribution is 0.0695. The summed E-state index contributed by atoms with van der Waals surface area (Å²) in [6.45, 7) is 2.77. The van der Waals surface area contributed by atoms with Gasteiger partial charge in [0.2, 0.25) is 5.43 Å². The molecule has 2 atom stereocenters.